The largest absolute Gasteiger partial charge is 0.494 e. The van der Waals surface area contributed by atoms with Crippen LogP contribution in [-0.2, 0) is 9.53 Å². The van der Waals surface area contributed by atoms with Crippen molar-refractivity contribution in [2.45, 2.75) is 13.0 Å². The van der Waals surface area contributed by atoms with Crippen molar-refractivity contribution in [3.8, 4) is 5.75 Å². The number of anilines is 1. The number of halogens is 1. The number of hydrogen-bond donors (Lipinski definition) is 1. The number of allylic oxidation sites excluding steroid dienone is 1. The summed E-state index contributed by atoms with van der Waals surface area (Å²) in [6, 6.07) is 12.8. The normalized spacial score (nSPS) is 15.1. The molecule has 0 saturated carbocycles. The van der Waals surface area contributed by atoms with Crippen LogP contribution in [0.4, 0.5) is 5.95 Å². The number of ketones is 1. The molecular formula is C21H18ClN5O4. The Morgan fingerprint density at radius 3 is 2.48 bits per heavy atom. The van der Waals surface area contributed by atoms with Crippen molar-refractivity contribution in [3.05, 3.63) is 76.0 Å². The molecule has 3 aromatic rings. The van der Waals surface area contributed by atoms with Crippen LogP contribution < -0.4 is 10.1 Å². The lowest BCUT2D eigenvalue weighted by molar-refractivity contribution is -0.136. The predicted octanol–water partition coefficient (Wildman–Crippen LogP) is 3.05. The third-order valence-electron chi connectivity index (χ3n) is 4.76. The molecule has 1 aromatic heterocycles. The molecule has 158 valence electrons. The number of nitrogens with zero attached hydrogens (tertiary/aromatic N) is 4. The second-order valence-corrected chi connectivity index (χ2v) is 7.03. The molecule has 4 rings (SSSR count). The monoisotopic (exact) mass is 439 g/mol. The van der Waals surface area contributed by atoms with Gasteiger partial charge in [-0.2, -0.15) is 4.68 Å². The maximum absolute atomic E-state index is 13.6. The molecule has 9 nitrogen and oxygen atoms in total. The second-order valence-electron chi connectivity index (χ2n) is 6.59. The van der Waals surface area contributed by atoms with Gasteiger partial charge in [0.15, 0.2) is 5.78 Å². The van der Waals surface area contributed by atoms with Gasteiger partial charge in [-0.1, -0.05) is 28.8 Å². The zero-order valence-electron chi connectivity index (χ0n) is 16.7. The van der Waals surface area contributed by atoms with Crippen LogP contribution in [-0.4, -0.2) is 45.7 Å². The molecule has 1 atom stereocenters. The van der Waals surface area contributed by atoms with E-state index in [0.29, 0.717) is 28.5 Å². The number of Topliss-reactive ketones (excluding diaryl/α,β-unsaturated/α-hetero) is 1. The van der Waals surface area contributed by atoms with Crippen LogP contribution in [0.1, 0.15) is 28.9 Å². The number of esters is 1. The van der Waals surface area contributed by atoms with Crippen molar-refractivity contribution in [3.63, 3.8) is 0 Å². The van der Waals surface area contributed by atoms with E-state index in [9.17, 15) is 9.59 Å². The van der Waals surface area contributed by atoms with E-state index in [1.165, 1.54) is 11.8 Å². The van der Waals surface area contributed by atoms with E-state index >= 15 is 0 Å². The molecule has 0 amide bonds. The van der Waals surface area contributed by atoms with E-state index in [2.05, 4.69) is 20.8 Å². The zero-order chi connectivity index (χ0) is 22.0. The van der Waals surface area contributed by atoms with E-state index in [-0.39, 0.29) is 23.0 Å². The van der Waals surface area contributed by atoms with Crippen LogP contribution in [0.5, 0.6) is 5.75 Å². The number of ether oxygens (including phenoxy) is 2. The summed E-state index contributed by atoms with van der Waals surface area (Å²) < 4.78 is 11.9. The van der Waals surface area contributed by atoms with Gasteiger partial charge >= 0.3 is 5.97 Å². The summed E-state index contributed by atoms with van der Waals surface area (Å²) in [6.45, 7) is 2.42. The molecule has 2 heterocycles. The minimum Gasteiger partial charge on any atom is -0.494 e. The van der Waals surface area contributed by atoms with E-state index in [0.717, 1.165) is 0 Å². The third kappa shape index (κ3) is 3.87. The van der Waals surface area contributed by atoms with E-state index in [1.54, 1.807) is 48.5 Å². The number of fused-ring (bicyclic) bond motifs is 1. The number of benzene rings is 2. The number of hydrogen-bond acceptors (Lipinski definition) is 8. The summed E-state index contributed by atoms with van der Waals surface area (Å²) in [6.07, 6.45) is 0. The Balaban J connectivity index is 1.89. The van der Waals surface area contributed by atoms with Gasteiger partial charge in [-0.3, -0.25) is 4.79 Å². The van der Waals surface area contributed by atoms with Gasteiger partial charge in [0.25, 0.3) is 0 Å². The number of rotatable bonds is 6. The van der Waals surface area contributed by atoms with Crippen molar-refractivity contribution in [2.75, 3.05) is 19.0 Å². The minimum atomic E-state index is -0.765. The molecule has 0 aliphatic carbocycles. The van der Waals surface area contributed by atoms with E-state index in [1.807, 2.05) is 6.92 Å². The Hall–Kier alpha value is -3.72. The van der Waals surface area contributed by atoms with Crippen molar-refractivity contribution in [1.29, 1.82) is 0 Å². The molecule has 31 heavy (non-hydrogen) atoms. The third-order valence-corrected chi connectivity index (χ3v) is 5.02. The van der Waals surface area contributed by atoms with Gasteiger partial charge < -0.3 is 14.8 Å². The van der Waals surface area contributed by atoms with Gasteiger partial charge in [-0.05, 0) is 59.3 Å². The number of tetrazole rings is 1. The molecular weight excluding hydrogens is 422 g/mol. The quantitative estimate of drug-likeness (QED) is 0.461. The predicted molar refractivity (Wildman–Crippen MR) is 112 cm³/mol. The van der Waals surface area contributed by atoms with Crippen molar-refractivity contribution in [1.82, 2.24) is 20.2 Å². The lowest BCUT2D eigenvalue weighted by Crippen LogP contribution is -2.32. The smallest absolute Gasteiger partial charge is 0.355 e. The number of methoxy groups -OCH3 is 1. The Kier molecular flexibility index (Phi) is 5.68. The van der Waals surface area contributed by atoms with Crippen LogP contribution in [0.15, 0.2) is 59.8 Å². The maximum atomic E-state index is 13.6. The minimum absolute atomic E-state index is 0.0244. The van der Waals surface area contributed by atoms with Crippen LogP contribution in [0.25, 0.3) is 0 Å². The summed E-state index contributed by atoms with van der Waals surface area (Å²) in [5.41, 5.74) is 1.18. The molecule has 1 aliphatic rings. The lowest BCUT2D eigenvalue weighted by Gasteiger charge is -2.28. The van der Waals surface area contributed by atoms with Gasteiger partial charge in [0.2, 0.25) is 5.95 Å². The Bertz CT molecular complexity index is 1160. The molecule has 1 N–H and O–H groups in total. The SMILES string of the molecule is CCOc1ccc([C@@H]2C(C(=O)c3ccc(Cl)cc3)=C(C(=O)OC)Nc3nnnn32)cc1. The Morgan fingerprint density at radius 1 is 1.13 bits per heavy atom. The molecule has 0 fully saturated rings. The van der Waals surface area contributed by atoms with Gasteiger partial charge in [0.1, 0.15) is 17.5 Å². The summed E-state index contributed by atoms with van der Waals surface area (Å²) >= 11 is 5.97. The topological polar surface area (TPSA) is 108 Å². The highest BCUT2D eigenvalue weighted by molar-refractivity contribution is 6.30. The first-order valence-electron chi connectivity index (χ1n) is 9.44. The molecule has 2 aromatic carbocycles. The van der Waals surface area contributed by atoms with Crippen LogP contribution in [0.2, 0.25) is 5.02 Å². The molecule has 10 heteroatoms. The fraction of sp³-hybridized carbons (Fsp3) is 0.190. The number of carbonyl (C=O) groups is 2. The summed E-state index contributed by atoms with van der Waals surface area (Å²) in [5, 5.41) is 15.0. The molecule has 0 saturated heterocycles. The molecule has 0 unspecified atom stereocenters. The van der Waals surface area contributed by atoms with Crippen molar-refractivity contribution < 1.29 is 19.1 Å². The van der Waals surface area contributed by atoms with Crippen LogP contribution in [0.3, 0.4) is 0 Å². The fourth-order valence-corrected chi connectivity index (χ4v) is 3.49. The van der Waals surface area contributed by atoms with Gasteiger partial charge in [-0.25, -0.2) is 4.79 Å². The Labute approximate surface area is 182 Å². The second kappa shape index (κ2) is 8.57. The summed E-state index contributed by atoms with van der Waals surface area (Å²) in [7, 11) is 1.24. The standard InChI is InChI=1S/C21H18ClN5O4/c1-3-31-15-10-6-12(7-11-15)18-16(19(28)13-4-8-14(22)9-5-13)17(20(29)30-2)23-21-24-25-26-27(18)21/h4-11,18H,3H2,1-2H3,(H,23,24,26)/t18-/m1/s1. The average molecular weight is 440 g/mol. The van der Waals surface area contributed by atoms with Gasteiger partial charge in [0, 0.05) is 10.6 Å². The molecule has 0 bridgehead atoms. The van der Waals surface area contributed by atoms with Crippen molar-refractivity contribution in [2.24, 2.45) is 0 Å². The first-order chi connectivity index (χ1) is 15.0. The highest BCUT2D eigenvalue weighted by atomic mass is 35.5. The van der Waals surface area contributed by atoms with Crippen LogP contribution in [0, 0.1) is 0 Å². The Morgan fingerprint density at radius 2 is 1.84 bits per heavy atom. The molecule has 0 radical (unpaired) electrons. The molecule has 1 aliphatic heterocycles. The number of carbonyl (C=O) groups excluding carboxylic acids is 2. The average Bonchev–Trinajstić information content (AvgIpc) is 3.26. The van der Waals surface area contributed by atoms with Gasteiger partial charge in [-0.15, -0.1) is 0 Å². The zero-order valence-corrected chi connectivity index (χ0v) is 17.5. The first-order valence-corrected chi connectivity index (χ1v) is 9.81. The van der Waals surface area contributed by atoms with E-state index in [4.69, 9.17) is 21.1 Å². The summed E-state index contributed by atoms with van der Waals surface area (Å²) in [4.78, 5) is 26.2. The number of aromatic nitrogens is 4. The highest BCUT2D eigenvalue weighted by Gasteiger charge is 2.38. The molecule has 0 spiro atoms. The highest BCUT2D eigenvalue weighted by Crippen LogP contribution is 2.37. The van der Waals surface area contributed by atoms with Gasteiger partial charge in [0.05, 0.1) is 19.3 Å². The fourth-order valence-electron chi connectivity index (χ4n) is 3.37. The van der Waals surface area contributed by atoms with E-state index < -0.39 is 12.0 Å². The maximum Gasteiger partial charge on any atom is 0.355 e. The lowest BCUT2D eigenvalue weighted by atomic mass is 9.89. The number of nitrogens with one attached hydrogen (secondary N) is 1. The summed E-state index contributed by atoms with van der Waals surface area (Å²) in [5.74, 6) is -0.195. The van der Waals surface area contributed by atoms with Crippen LogP contribution >= 0.6 is 11.6 Å². The first kappa shape index (κ1) is 20.5. The van der Waals surface area contributed by atoms with Crippen molar-refractivity contribution >= 4 is 29.3 Å².